The summed E-state index contributed by atoms with van der Waals surface area (Å²) in [6, 6.07) is 11.8. The van der Waals surface area contributed by atoms with Crippen molar-refractivity contribution in [2.24, 2.45) is 0 Å². The molecule has 1 N–H and O–H groups in total. The maximum atomic E-state index is 12.7. The van der Waals surface area contributed by atoms with Gasteiger partial charge in [0.25, 0.3) is 5.91 Å². The van der Waals surface area contributed by atoms with E-state index in [1.54, 1.807) is 13.3 Å². The van der Waals surface area contributed by atoms with Crippen molar-refractivity contribution in [3.63, 3.8) is 0 Å². The first-order chi connectivity index (χ1) is 12.8. The molecule has 0 bridgehead atoms. The van der Waals surface area contributed by atoms with Crippen LogP contribution < -0.4 is 10.1 Å². The van der Waals surface area contributed by atoms with Crippen molar-refractivity contribution < 1.29 is 9.53 Å². The fourth-order valence-electron chi connectivity index (χ4n) is 3.27. The highest BCUT2D eigenvalue weighted by Gasteiger charge is 2.18. The van der Waals surface area contributed by atoms with E-state index in [-0.39, 0.29) is 5.91 Å². The van der Waals surface area contributed by atoms with Gasteiger partial charge in [-0.2, -0.15) is 0 Å². The van der Waals surface area contributed by atoms with Gasteiger partial charge in [0.1, 0.15) is 11.4 Å². The van der Waals surface area contributed by atoms with Crippen molar-refractivity contribution in [3.05, 3.63) is 53.9 Å². The highest BCUT2D eigenvalue weighted by molar-refractivity contribution is 5.93. The molecule has 0 saturated carbocycles. The summed E-state index contributed by atoms with van der Waals surface area (Å²) >= 11 is 0. The second-order valence-corrected chi connectivity index (χ2v) is 6.66. The maximum absolute atomic E-state index is 12.7. The molecule has 1 aliphatic rings. The number of carbonyl (C=O) groups is 1. The highest BCUT2D eigenvalue weighted by Crippen LogP contribution is 2.16. The van der Waals surface area contributed by atoms with Crippen LogP contribution in [0.15, 0.2) is 42.6 Å². The van der Waals surface area contributed by atoms with E-state index < -0.39 is 0 Å². The summed E-state index contributed by atoms with van der Waals surface area (Å²) in [7, 11) is 1.68. The number of carbonyl (C=O) groups excluding carboxylic acids is 1. The molecule has 5 nitrogen and oxygen atoms in total. The number of amides is 1. The SMILES string of the molecule is COc1cccc(CCNc2ccnc(C(=O)N3CCCCCC3)c2)c1. The van der Waals surface area contributed by atoms with Crippen LogP contribution in [0.3, 0.4) is 0 Å². The Labute approximate surface area is 155 Å². The number of likely N-dealkylation sites (tertiary alicyclic amines) is 1. The van der Waals surface area contributed by atoms with E-state index in [2.05, 4.69) is 16.4 Å². The number of hydrogen-bond acceptors (Lipinski definition) is 4. The Morgan fingerprint density at radius 3 is 2.73 bits per heavy atom. The molecule has 5 heteroatoms. The van der Waals surface area contributed by atoms with Gasteiger partial charge in [-0.15, -0.1) is 0 Å². The minimum Gasteiger partial charge on any atom is -0.497 e. The lowest BCUT2D eigenvalue weighted by Gasteiger charge is -2.20. The summed E-state index contributed by atoms with van der Waals surface area (Å²) in [4.78, 5) is 18.9. The summed E-state index contributed by atoms with van der Waals surface area (Å²) in [6.45, 7) is 2.47. The van der Waals surface area contributed by atoms with Gasteiger partial charge in [0, 0.05) is 31.5 Å². The number of anilines is 1. The third-order valence-electron chi connectivity index (χ3n) is 4.75. The Hall–Kier alpha value is -2.56. The third-order valence-corrected chi connectivity index (χ3v) is 4.75. The van der Waals surface area contributed by atoms with Gasteiger partial charge in [0.05, 0.1) is 7.11 Å². The number of nitrogens with zero attached hydrogens (tertiary/aromatic N) is 2. The summed E-state index contributed by atoms with van der Waals surface area (Å²) in [5.41, 5.74) is 2.67. The Balaban J connectivity index is 1.57. The van der Waals surface area contributed by atoms with Crippen LogP contribution in [0.4, 0.5) is 5.69 Å². The van der Waals surface area contributed by atoms with Gasteiger partial charge in [-0.3, -0.25) is 9.78 Å². The molecule has 2 heterocycles. The van der Waals surface area contributed by atoms with Crippen LogP contribution in [0.25, 0.3) is 0 Å². The summed E-state index contributed by atoms with van der Waals surface area (Å²) in [6.07, 6.45) is 7.19. The fraction of sp³-hybridized carbons (Fsp3) is 0.429. The van der Waals surface area contributed by atoms with Crippen LogP contribution in [0.5, 0.6) is 5.75 Å². The predicted octanol–water partition coefficient (Wildman–Crippen LogP) is 3.76. The van der Waals surface area contributed by atoms with Gasteiger partial charge >= 0.3 is 0 Å². The minimum absolute atomic E-state index is 0.0448. The molecule has 0 radical (unpaired) electrons. The zero-order valence-corrected chi connectivity index (χ0v) is 15.4. The number of rotatable bonds is 6. The van der Waals surface area contributed by atoms with Crippen LogP contribution >= 0.6 is 0 Å². The standard InChI is InChI=1S/C21H27N3O2/c1-26-19-8-6-7-17(15-19)9-11-22-18-10-12-23-20(16-18)21(25)24-13-4-2-3-5-14-24/h6-8,10,12,15-16H,2-5,9,11,13-14H2,1H3,(H,22,23). The van der Waals surface area contributed by atoms with E-state index >= 15 is 0 Å². The molecule has 1 saturated heterocycles. The fourth-order valence-corrected chi connectivity index (χ4v) is 3.27. The molecule has 2 aromatic rings. The molecule has 1 aromatic carbocycles. The molecule has 138 valence electrons. The van der Waals surface area contributed by atoms with Crippen molar-refractivity contribution in [3.8, 4) is 5.75 Å². The van der Waals surface area contributed by atoms with E-state index in [1.807, 2.05) is 35.2 Å². The Morgan fingerprint density at radius 2 is 1.96 bits per heavy atom. The molecule has 0 aliphatic carbocycles. The zero-order valence-electron chi connectivity index (χ0n) is 15.4. The van der Waals surface area contributed by atoms with Gasteiger partial charge in [-0.05, 0) is 49.1 Å². The molecule has 0 spiro atoms. The van der Waals surface area contributed by atoms with E-state index in [4.69, 9.17) is 4.74 Å². The second kappa shape index (κ2) is 9.22. The molecular formula is C21H27N3O2. The van der Waals surface area contributed by atoms with Crippen LogP contribution in [-0.4, -0.2) is 42.5 Å². The van der Waals surface area contributed by atoms with Crippen molar-refractivity contribution in [2.45, 2.75) is 32.1 Å². The van der Waals surface area contributed by atoms with Crippen LogP contribution in [0, 0.1) is 0 Å². The first kappa shape index (κ1) is 18.2. The maximum Gasteiger partial charge on any atom is 0.272 e. The molecule has 0 atom stereocenters. The van der Waals surface area contributed by atoms with Crippen LogP contribution in [0.2, 0.25) is 0 Å². The number of methoxy groups -OCH3 is 1. The number of hydrogen-bond donors (Lipinski definition) is 1. The van der Waals surface area contributed by atoms with E-state index in [9.17, 15) is 4.79 Å². The number of benzene rings is 1. The monoisotopic (exact) mass is 353 g/mol. The average Bonchev–Trinajstić information content (AvgIpc) is 2.97. The predicted molar refractivity (Wildman–Crippen MR) is 104 cm³/mol. The van der Waals surface area contributed by atoms with Gasteiger partial charge in [0.2, 0.25) is 0 Å². The zero-order chi connectivity index (χ0) is 18.2. The smallest absolute Gasteiger partial charge is 0.272 e. The Bertz CT molecular complexity index is 725. The largest absolute Gasteiger partial charge is 0.497 e. The molecule has 3 rings (SSSR count). The van der Waals surface area contributed by atoms with Crippen molar-refractivity contribution >= 4 is 11.6 Å². The van der Waals surface area contributed by atoms with E-state index in [0.717, 1.165) is 50.3 Å². The minimum atomic E-state index is 0.0448. The van der Waals surface area contributed by atoms with E-state index in [1.165, 1.54) is 18.4 Å². The van der Waals surface area contributed by atoms with Gasteiger partial charge in [-0.25, -0.2) is 0 Å². The summed E-state index contributed by atoms with van der Waals surface area (Å²) in [5.74, 6) is 0.917. The number of aromatic nitrogens is 1. The average molecular weight is 353 g/mol. The first-order valence-electron chi connectivity index (χ1n) is 9.38. The lowest BCUT2D eigenvalue weighted by Crippen LogP contribution is -2.32. The molecule has 1 fully saturated rings. The van der Waals surface area contributed by atoms with Crippen molar-refractivity contribution in [1.29, 1.82) is 0 Å². The van der Waals surface area contributed by atoms with Gasteiger partial charge < -0.3 is 15.0 Å². The summed E-state index contributed by atoms with van der Waals surface area (Å²) < 4.78 is 5.26. The van der Waals surface area contributed by atoms with Crippen LogP contribution in [-0.2, 0) is 6.42 Å². The number of pyridine rings is 1. The third kappa shape index (κ3) is 4.97. The van der Waals surface area contributed by atoms with E-state index in [0.29, 0.717) is 5.69 Å². The van der Waals surface area contributed by atoms with Crippen molar-refractivity contribution in [2.75, 3.05) is 32.1 Å². The lowest BCUT2D eigenvalue weighted by atomic mass is 10.1. The normalized spacial score (nSPS) is 14.6. The molecule has 0 unspecified atom stereocenters. The topological polar surface area (TPSA) is 54.5 Å². The first-order valence-corrected chi connectivity index (χ1v) is 9.38. The molecule has 1 aromatic heterocycles. The quantitative estimate of drug-likeness (QED) is 0.859. The molecule has 26 heavy (non-hydrogen) atoms. The lowest BCUT2D eigenvalue weighted by molar-refractivity contribution is 0.0756. The van der Waals surface area contributed by atoms with Gasteiger partial charge in [-0.1, -0.05) is 25.0 Å². The number of ether oxygens (including phenoxy) is 1. The molecule has 1 aliphatic heterocycles. The van der Waals surface area contributed by atoms with Crippen LogP contribution in [0.1, 0.15) is 41.7 Å². The van der Waals surface area contributed by atoms with Gasteiger partial charge in [0.15, 0.2) is 0 Å². The highest BCUT2D eigenvalue weighted by atomic mass is 16.5. The van der Waals surface area contributed by atoms with Crippen molar-refractivity contribution in [1.82, 2.24) is 9.88 Å². The Morgan fingerprint density at radius 1 is 1.15 bits per heavy atom. The Kier molecular flexibility index (Phi) is 6.47. The molecule has 1 amide bonds. The summed E-state index contributed by atoms with van der Waals surface area (Å²) in [5, 5.41) is 3.39. The second-order valence-electron chi connectivity index (χ2n) is 6.66. The molecular weight excluding hydrogens is 326 g/mol. The number of nitrogens with one attached hydrogen (secondary N) is 1.